The highest BCUT2D eigenvalue weighted by Crippen LogP contribution is 2.16. The van der Waals surface area contributed by atoms with Gasteiger partial charge in [0, 0.05) is 26.2 Å². The Morgan fingerprint density at radius 1 is 1.37 bits per heavy atom. The summed E-state index contributed by atoms with van der Waals surface area (Å²) in [6.07, 6.45) is 7.27. The minimum atomic E-state index is 0.220. The van der Waals surface area contributed by atoms with E-state index in [9.17, 15) is 0 Å². The summed E-state index contributed by atoms with van der Waals surface area (Å²) in [5.41, 5.74) is 1.17. The molecule has 2 aromatic heterocycles. The van der Waals surface area contributed by atoms with Crippen LogP contribution in [0.2, 0.25) is 0 Å². The number of imidazole rings is 1. The number of hydrogen-bond acceptors (Lipinski definition) is 4. The molecule has 0 saturated heterocycles. The SMILES string of the molecule is CCCn1ncnc1CC(NCC)c1cncn1C. The summed E-state index contributed by atoms with van der Waals surface area (Å²) in [7, 11) is 2.02. The quantitative estimate of drug-likeness (QED) is 0.817. The maximum atomic E-state index is 4.38. The van der Waals surface area contributed by atoms with Gasteiger partial charge < -0.3 is 9.88 Å². The standard InChI is InChI=1S/C13H22N6/c1-4-6-19-13(16-9-17-19)7-11(15-5-2)12-8-14-10-18(12)3/h8-11,15H,4-7H2,1-3H3. The molecular formula is C13H22N6. The van der Waals surface area contributed by atoms with Crippen LogP contribution in [0.1, 0.15) is 37.8 Å². The lowest BCUT2D eigenvalue weighted by molar-refractivity contribution is 0.481. The maximum absolute atomic E-state index is 4.38. The van der Waals surface area contributed by atoms with Crippen molar-refractivity contribution in [3.63, 3.8) is 0 Å². The van der Waals surface area contributed by atoms with E-state index in [0.717, 1.165) is 31.8 Å². The van der Waals surface area contributed by atoms with Crippen LogP contribution in [-0.4, -0.2) is 30.9 Å². The zero-order valence-electron chi connectivity index (χ0n) is 11.9. The van der Waals surface area contributed by atoms with Crippen LogP contribution in [0, 0.1) is 0 Å². The van der Waals surface area contributed by atoms with Crippen molar-refractivity contribution < 1.29 is 0 Å². The molecule has 6 heteroatoms. The molecule has 0 spiro atoms. The summed E-state index contributed by atoms with van der Waals surface area (Å²) in [5.74, 6) is 1.02. The summed E-state index contributed by atoms with van der Waals surface area (Å²) in [6, 6.07) is 0.220. The third kappa shape index (κ3) is 3.20. The van der Waals surface area contributed by atoms with E-state index in [2.05, 4.69) is 34.2 Å². The molecule has 0 aliphatic heterocycles. The highest BCUT2D eigenvalue weighted by molar-refractivity contribution is 5.08. The lowest BCUT2D eigenvalue weighted by atomic mass is 10.1. The fourth-order valence-corrected chi connectivity index (χ4v) is 2.26. The van der Waals surface area contributed by atoms with E-state index < -0.39 is 0 Å². The molecule has 0 amide bonds. The van der Waals surface area contributed by atoms with Gasteiger partial charge in [-0.15, -0.1) is 0 Å². The first-order valence-electron chi connectivity index (χ1n) is 6.82. The summed E-state index contributed by atoms with van der Waals surface area (Å²) in [6.45, 7) is 6.09. The van der Waals surface area contributed by atoms with Gasteiger partial charge in [-0.1, -0.05) is 13.8 Å². The molecule has 2 rings (SSSR count). The van der Waals surface area contributed by atoms with E-state index in [1.807, 2.05) is 28.8 Å². The van der Waals surface area contributed by atoms with Gasteiger partial charge in [-0.3, -0.25) is 4.68 Å². The van der Waals surface area contributed by atoms with Gasteiger partial charge in [-0.25, -0.2) is 9.97 Å². The first-order valence-corrected chi connectivity index (χ1v) is 6.82. The molecule has 1 N–H and O–H groups in total. The van der Waals surface area contributed by atoms with Gasteiger partial charge in [0.25, 0.3) is 0 Å². The van der Waals surface area contributed by atoms with Crippen LogP contribution < -0.4 is 5.32 Å². The largest absolute Gasteiger partial charge is 0.336 e. The minimum absolute atomic E-state index is 0.220. The molecule has 0 aliphatic rings. The van der Waals surface area contributed by atoms with Crippen molar-refractivity contribution in [2.24, 2.45) is 7.05 Å². The van der Waals surface area contributed by atoms with Gasteiger partial charge in [0.2, 0.25) is 0 Å². The molecular weight excluding hydrogens is 240 g/mol. The van der Waals surface area contributed by atoms with Crippen molar-refractivity contribution in [2.75, 3.05) is 6.54 Å². The van der Waals surface area contributed by atoms with E-state index in [1.165, 1.54) is 5.69 Å². The predicted molar refractivity (Wildman–Crippen MR) is 73.6 cm³/mol. The minimum Gasteiger partial charge on any atom is -0.336 e. The zero-order valence-corrected chi connectivity index (χ0v) is 11.9. The average Bonchev–Trinajstić information content (AvgIpc) is 2.99. The smallest absolute Gasteiger partial charge is 0.138 e. The van der Waals surface area contributed by atoms with Crippen LogP contribution in [0.4, 0.5) is 0 Å². The lowest BCUT2D eigenvalue weighted by Crippen LogP contribution is -2.26. The van der Waals surface area contributed by atoms with Gasteiger partial charge in [0.1, 0.15) is 12.2 Å². The van der Waals surface area contributed by atoms with Gasteiger partial charge >= 0.3 is 0 Å². The molecule has 1 unspecified atom stereocenters. The molecule has 0 aliphatic carbocycles. The number of nitrogens with one attached hydrogen (secondary N) is 1. The highest BCUT2D eigenvalue weighted by atomic mass is 15.3. The molecule has 2 heterocycles. The van der Waals surface area contributed by atoms with Crippen molar-refractivity contribution >= 4 is 0 Å². The molecule has 0 saturated carbocycles. The molecule has 0 fully saturated rings. The van der Waals surface area contributed by atoms with Crippen LogP contribution >= 0.6 is 0 Å². The molecule has 0 bridgehead atoms. The Kier molecular flexibility index (Phi) is 4.68. The normalized spacial score (nSPS) is 12.8. The van der Waals surface area contributed by atoms with Gasteiger partial charge in [0.15, 0.2) is 0 Å². The number of aryl methyl sites for hydroxylation is 2. The fraction of sp³-hybridized carbons (Fsp3) is 0.615. The van der Waals surface area contributed by atoms with Crippen LogP contribution in [0.15, 0.2) is 18.9 Å². The third-order valence-corrected chi connectivity index (χ3v) is 3.18. The van der Waals surface area contributed by atoms with E-state index in [-0.39, 0.29) is 6.04 Å². The summed E-state index contributed by atoms with van der Waals surface area (Å²) >= 11 is 0. The molecule has 2 aromatic rings. The summed E-state index contributed by atoms with van der Waals surface area (Å²) < 4.78 is 4.04. The van der Waals surface area contributed by atoms with Crippen LogP contribution in [-0.2, 0) is 20.0 Å². The topological polar surface area (TPSA) is 60.6 Å². The Hall–Kier alpha value is -1.69. The Labute approximate surface area is 113 Å². The van der Waals surface area contributed by atoms with Gasteiger partial charge in [-0.05, 0) is 13.0 Å². The number of rotatable bonds is 7. The first-order chi connectivity index (χ1) is 9.26. The number of nitrogens with zero attached hydrogens (tertiary/aromatic N) is 5. The second kappa shape index (κ2) is 6.47. The van der Waals surface area contributed by atoms with Crippen LogP contribution in [0.3, 0.4) is 0 Å². The first kappa shape index (κ1) is 13.7. The lowest BCUT2D eigenvalue weighted by Gasteiger charge is -2.18. The Balaban J connectivity index is 2.17. The Bertz CT molecular complexity index is 501. The van der Waals surface area contributed by atoms with Crippen molar-refractivity contribution in [3.05, 3.63) is 30.4 Å². The zero-order chi connectivity index (χ0) is 13.7. The van der Waals surface area contributed by atoms with Crippen molar-refractivity contribution in [3.8, 4) is 0 Å². The second-order valence-corrected chi connectivity index (χ2v) is 4.64. The van der Waals surface area contributed by atoms with Crippen molar-refractivity contribution in [1.29, 1.82) is 0 Å². The molecule has 6 nitrogen and oxygen atoms in total. The van der Waals surface area contributed by atoms with E-state index in [4.69, 9.17) is 0 Å². The highest BCUT2D eigenvalue weighted by Gasteiger charge is 2.17. The monoisotopic (exact) mass is 262 g/mol. The number of likely N-dealkylation sites (N-methyl/N-ethyl adjacent to an activating group) is 1. The Morgan fingerprint density at radius 3 is 2.84 bits per heavy atom. The predicted octanol–water partition coefficient (Wildman–Crippen LogP) is 1.31. The maximum Gasteiger partial charge on any atom is 0.138 e. The van der Waals surface area contributed by atoms with Gasteiger partial charge in [0.05, 0.1) is 18.1 Å². The summed E-state index contributed by atoms with van der Waals surface area (Å²) in [4.78, 5) is 8.57. The molecule has 104 valence electrons. The number of hydrogen-bond donors (Lipinski definition) is 1. The van der Waals surface area contributed by atoms with Crippen LogP contribution in [0.5, 0.6) is 0 Å². The summed E-state index contributed by atoms with van der Waals surface area (Å²) in [5, 5.41) is 7.77. The van der Waals surface area contributed by atoms with E-state index in [1.54, 1.807) is 6.33 Å². The van der Waals surface area contributed by atoms with E-state index >= 15 is 0 Å². The van der Waals surface area contributed by atoms with Gasteiger partial charge in [-0.2, -0.15) is 5.10 Å². The molecule has 0 radical (unpaired) electrons. The fourth-order valence-electron chi connectivity index (χ4n) is 2.26. The average molecular weight is 262 g/mol. The van der Waals surface area contributed by atoms with Crippen molar-refractivity contribution in [2.45, 2.75) is 39.3 Å². The Morgan fingerprint density at radius 2 is 2.21 bits per heavy atom. The van der Waals surface area contributed by atoms with Crippen LogP contribution in [0.25, 0.3) is 0 Å². The molecule has 19 heavy (non-hydrogen) atoms. The second-order valence-electron chi connectivity index (χ2n) is 4.64. The van der Waals surface area contributed by atoms with Crippen molar-refractivity contribution in [1.82, 2.24) is 29.6 Å². The molecule has 1 atom stereocenters. The molecule has 0 aromatic carbocycles. The number of aromatic nitrogens is 5. The third-order valence-electron chi connectivity index (χ3n) is 3.18. The van der Waals surface area contributed by atoms with E-state index in [0.29, 0.717) is 0 Å².